The maximum Gasteiger partial charge on any atom is 0.0192 e. The highest BCUT2D eigenvalue weighted by molar-refractivity contribution is 5.32. The molecule has 0 aliphatic carbocycles. The van der Waals surface area contributed by atoms with E-state index in [4.69, 9.17) is 0 Å². The van der Waals surface area contributed by atoms with Gasteiger partial charge in [0.05, 0.1) is 0 Å². The second kappa shape index (κ2) is 7.06. The summed E-state index contributed by atoms with van der Waals surface area (Å²) in [7, 11) is 0. The van der Waals surface area contributed by atoms with Crippen molar-refractivity contribution < 1.29 is 0 Å². The van der Waals surface area contributed by atoms with E-state index in [9.17, 15) is 0 Å². The summed E-state index contributed by atoms with van der Waals surface area (Å²) in [5.41, 5.74) is 4.38. The van der Waals surface area contributed by atoms with Crippen LogP contribution < -0.4 is 10.6 Å². The third-order valence-corrected chi connectivity index (χ3v) is 4.16. The topological polar surface area (TPSA) is 24.1 Å². The van der Waals surface area contributed by atoms with Crippen molar-refractivity contribution in [3.63, 3.8) is 0 Å². The van der Waals surface area contributed by atoms with E-state index in [0.717, 1.165) is 19.5 Å². The van der Waals surface area contributed by atoms with Crippen LogP contribution in [0.25, 0.3) is 0 Å². The molecule has 1 atom stereocenters. The van der Waals surface area contributed by atoms with Crippen LogP contribution in [0.1, 0.15) is 49.3 Å². The van der Waals surface area contributed by atoms with Gasteiger partial charge in [0.25, 0.3) is 0 Å². The molecule has 19 heavy (non-hydrogen) atoms. The summed E-state index contributed by atoms with van der Waals surface area (Å²) in [4.78, 5) is 0. The second-order valence-corrected chi connectivity index (χ2v) is 6.09. The van der Waals surface area contributed by atoms with Crippen molar-refractivity contribution >= 4 is 0 Å². The first-order chi connectivity index (χ1) is 9.16. The van der Waals surface area contributed by atoms with E-state index >= 15 is 0 Å². The monoisotopic (exact) mass is 260 g/mol. The van der Waals surface area contributed by atoms with Crippen molar-refractivity contribution in [2.75, 3.05) is 19.6 Å². The Labute approximate surface area is 118 Å². The molecule has 1 heterocycles. The first kappa shape index (κ1) is 14.5. The van der Waals surface area contributed by atoms with Crippen LogP contribution in [0.15, 0.2) is 18.2 Å². The summed E-state index contributed by atoms with van der Waals surface area (Å²) < 4.78 is 0. The Balaban J connectivity index is 1.79. The molecule has 0 saturated carbocycles. The predicted octanol–water partition coefficient (Wildman–Crippen LogP) is 3.00. The largest absolute Gasteiger partial charge is 0.315 e. The van der Waals surface area contributed by atoms with Gasteiger partial charge in [-0.05, 0) is 61.9 Å². The Morgan fingerprint density at radius 1 is 1.37 bits per heavy atom. The minimum absolute atomic E-state index is 0.620. The standard InChI is InChI=1S/C17H28N2/c1-13(2)15-7-6-14(3)16(11-15)8-10-18-12-17-5-4-9-19-17/h6-7,11,13,17-19H,4-5,8-10,12H2,1-3H3. The Bertz CT molecular complexity index is 392. The number of rotatable bonds is 6. The van der Waals surface area contributed by atoms with Crippen LogP contribution in [-0.4, -0.2) is 25.7 Å². The smallest absolute Gasteiger partial charge is 0.0192 e. The lowest BCUT2D eigenvalue weighted by atomic mass is 9.96. The molecule has 2 nitrogen and oxygen atoms in total. The first-order valence-corrected chi connectivity index (χ1v) is 7.70. The molecule has 0 aromatic heterocycles. The van der Waals surface area contributed by atoms with E-state index in [2.05, 4.69) is 49.6 Å². The average Bonchev–Trinajstić information content (AvgIpc) is 2.89. The van der Waals surface area contributed by atoms with Gasteiger partial charge >= 0.3 is 0 Å². The third kappa shape index (κ3) is 4.32. The quantitative estimate of drug-likeness (QED) is 0.768. The second-order valence-electron chi connectivity index (χ2n) is 6.09. The molecule has 0 radical (unpaired) electrons. The van der Waals surface area contributed by atoms with Crippen LogP contribution in [-0.2, 0) is 6.42 Å². The fourth-order valence-corrected chi connectivity index (χ4v) is 2.75. The maximum atomic E-state index is 3.59. The van der Waals surface area contributed by atoms with Gasteiger partial charge in [-0.1, -0.05) is 32.0 Å². The van der Waals surface area contributed by atoms with Crippen LogP contribution in [0.5, 0.6) is 0 Å². The maximum absolute atomic E-state index is 3.59. The molecule has 1 aromatic carbocycles. The van der Waals surface area contributed by atoms with Crippen molar-refractivity contribution in [1.29, 1.82) is 0 Å². The van der Waals surface area contributed by atoms with E-state index in [0.29, 0.717) is 12.0 Å². The average molecular weight is 260 g/mol. The molecule has 1 fully saturated rings. The van der Waals surface area contributed by atoms with Gasteiger partial charge in [-0.3, -0.25) is 0 Å². The van der Waals surface area contributed by atoms with Gasteiger partial charge in [0.2, 0.25) is 0 Å². The lowest BCUT2D eigenvalue weighted by molar-refractivity contribution is 0.537. The Morgan fingerprint density at radius 2 is 2.21 bits per heavy atom. The summed E-state index contributed by atoms with van der Waals surface area (Å²) >= 11 is 0. The molecule has 0 spiro atoms. The van der Waals surface area contributed by atoms with Gasteiger partial charge in [0, 0.05) is 12.6 Å². The minimum atomic E-state index is 0.620. The molecule has 1 saturated heterocycles. The highest BCUT2D eigenvalue weighted by Gasteiger charge is 2.12. The van der Waals surface area contributed by atoms with Crippen molar-refractivity contribution in [3.8, 4) is 0 Å². The summed E-state index contributed by atoms with van der Waals surface area (Å²) in [6.07, 6.45) is 3.80. The van der Waals surface area contributed by atoms with Crippen LogP contribution in [0.2, 0.25) is 0 Å². The van der Waals surface area contributed by atoms with E-state index in [-0.39, 0.29) is 0 Å². The number of aryl methyl sites for hydroxylation is 1. The molecule has 2 N–H and O–H groups in total. The minimum Gasteiger partial charge on any atom is -0.315 e. The number of nitrogens with one attached hydrogen (secondary N) is 2. The molecule has 1 aliphatic heterocycles. The highest BCUT2D eigenvalue weighted by Crippen LogP contribution is 2.18. The molecule has 106 valence electrons. The first-order valence-electron chi connectivity index (χ1n) is 7.70. The normalized spacial score (nSPS) is 19.3. The fraction of sp³-hybridized carbons (Fsp3) is 0.647. The summed E-state index contributed by atoms with van der Waals surface area (Å²) in [5.74, 6) is 0.620. The lowest BCUT2D eigenvalue weighted by Crippen LogP contribution is -2.34. The van der Waals surface area contributed by atoms with Crippen molar-refractivity contribution in [2.45, 2.75) is 52.0 Å². The molecule has 0 bridgehead atoms. The number of hydrogen-bond donors (Lipinski definition) is 2. The molecular weight excluding hydrogens is 232 g/mol. The lowest BCUT2D eigenvalue weighted by Gasteiger charge is -2.14. The van der Waals surface area contributed by atoms with E-state index in [1.807, 2.05) is 0 Å². The van der Waals surface area contributed by atoms with Crippen LogP contribution in [0, 0.1) is 6.92 Å². The summed E-state index contributed by atoms with van der Waals surface area (Å²) in [6, 6.07) is 7.61. The zero-order valence-electron chi connectivity index (χ0n) is 12.6. The van der Waals surface area contributed by atoms with E-state index in [1.54, 1.807) is 0 Å². The van der Waals surface area contributed by atoms with Crippen LogP contribution in [0.3, 0.4) is 0 Å². The van der Waals surface area contributed by atoms with Crippen molar-refractivity contribution in [3.05, 3.63) is 34.9 Å². The SMILES string of the molecule is Cc1ccc(C(C)C)cc1CCNCC1CCCN1. The van der Waals surface area contributed by atoms with Crippen molar-refractivity contribution in [2.24, 2.45) is 0 Å². The molecule has 2 heteroatoms. The predicted molar refractivity (Wildman–Crippen MR) is 82.9 cm³/mol. The zero-order valence-corrected chi connectivity index (χ0v) is 12.6. The molecule has 1 aliphatic rings. The van der Waals surface area contributed by atoms with Gasteiger partial charge in [-0.2, -0.15) is 0 Å². The molecule has 1 aromatic rings. The van der Waals surface area contributed by atoms with Gasteiger partial charge in [0.15, 0.2) is 0 Å². The van der Waals surface area contributed by atoms with Gasteiger partial charge in [-0.25, -0.2) is 0 Å². The number of hydrogen-bond acceptors (Lipinski definition) is 2. The molecule has 1 unspecified atom stereocenters. The van der Waals surface area contributed by atoms with Crippen LogP contribution in [0.4, 0.5) is 0 Å². The third-order valence-electron chi connectivity index (χ3n) is 4.16. The van der Waals surface area contributed by atoms with Gasteiger partial charge < -0.3 is 10.6 Å². The Kier molecular flexibility index (Phi) is 5.41. The fourth-order valence-electron chi connectivity index (χ4n) is 2.75. The molecule has 2 rings (SSSR count). The van der Waals surface area contributed by atoms with E-state index < -0.39 is 0 Å². The highest BCUT2D eigenvalue weighted by atomic mass is 15.0. The van der Waals surface area contributed by atoms with Crippen molar-refractivity contribution in [1.82, 2.24) is 10.6 Å². The van der Waals surface area contributed by atoms with E-state index in [1.165, 1.54) is 36.1 Å². The molecule has 0 amide bonds. The van der Waals surface area contributed by atoms with Gasteiger partial charge in [-0.15, -0.1) is 0 Å². The number of benzene rings is 1. The van der Waals surface area contributed by atoms with Crippen LogP contribution >= 0.6 is 0 Å². The van der Waals surface area contributed by atoms with Gasteiger partial charge in [0.1, 0.15) is 0 Å². The Hall–Kier alpha value is -0.860. The summed E-state index contributed by atoms with van der Waals surface area (Å²) in [6.45, 7) is 10.1. The zero-order chi connectivity index (χ0) is 13.7. The summed E-state index contributed by atoms with van der Waals surface area (Å²) in [5, 5.41) is 7.12. The Morgan fingerprint density at radius 3 is 2.89 bits per heavy atom. The molecular formula is C17H28N2.